The van der Waals surface area contributed by atoms with Crippen molar-refractivity contribution in [3.8, 4) is 11.5 Å². The number of fused-ring (bicyclic) bond motifs is 1. The molecule has 1 aromatic rings. The average molecular weight is 278 g/mol. The normalized spacial score (nSPS) is 16.4. The van der Waals surface area contributed by atoms with Gasteiger partial charge < -0.3 is 15.2 Å². The summed E-state index contributed by atoms with van der Waals surface area (Å²) in [6, 6.07) is 5.82. The highest BCUT2D eigenvalue weighted by Crippen LogP contribution is 2.32. The number of amides is 1. The van der Waals surface area contributed by atoms with Gasteiger partial charge in [0.1, 0.15) is 0 Å². The highest BCUT2D eigenvalue weighted by molar-refractivity contribution is 5.83. The largest absolute Gasteiger partial charge is 0.490 e. The molecule has 1 unspecified atom stereocenters. The van der Waals surface area contributed by atoms with E-state index in [9.17, 15) is 4.79 Å². The molecule has 110 valence electrons. The summed E-state index contributed by atoms with van der Waals surface area (Å²) in [6.45, 7) is 6.87. The lowest BCUT2D eigenvalue weighted by atomic mass is 10.00. The first-order valence-electron chi connectivity index (χ1n) is 6.87. The number of carbonyl (C=O) groups excluding carboxylic acids is 1. The summed E-state index contributed by atoms with van der Waals surface area (Å²) in [7, 11) is 0. The maximum absolute atomic E-state index is 11.4. The Morgan fingerprint density at radius 3 is 2.60 bits per heavy atom. The van der Waals surface area contributed by atoms with E-state index in [0.29, 0.717) is 13.2 Å². The van der Waals surface area contributed by atoms with E-state index in [1.807, 2.05) is 25.1 Å². The molecule has 3 N–H and O–H groups in total. The molecule has 0 bridgehead atoms. The van der Waals surface area contributed by atoms with E-state index in [2.05, 4.69) is 5.32 Å². The van der Waals surface area contributed by atoms with Crippen molar-refractivity contribution in [1.82, 2.24) is 5.32 Å². The zero-order valence-electron chi connectivity index (χ0n) is 12.2. The lowest BCUT2D eigenvalue weighted by molar-refractivity contribution is -0.123. The first-order chi connectivity index (χ1) is 9.40. The van der Waals surface area contributed by atoms with E-state index < -0.39 is 5.54 Å². The fraction of sp³-hybridized carbons (Fsp3) is 0.533. The number of benzene rings is 1. The van der Waals surface area contributed by atoms with Gasteiger partial charge in [-0.05, 0) is 38.5 Å². The van der Waals surface area contributed by atoms with Crippen LogP contribution in [0, 0.1) is 0 Å². The number of hydrogen-bond acceptors (Lipinski definition) is 4. The topological polar surface area (TPSA) is 73.6 Å². The lowest BCUT2D eigenvalue weighted by Gasteiger charge is -2.27. The smallest absolute Gasteiger partial charge is 0.237 e. The minimum atomic E-state index is -0.760. The van der Waals surface area contributed by atoms with Crippen LogP contribution in [0.4, 0.5) is 0 Å². The van der Waals surface area contributed by atoms with Crippen LogP contribution in [0.3, 0.4) is 0 Å². The van der Waals surface area contributed by atoms with Gasteiger partial charge in [-0.1, -0.05) is 6.07 Å². The summed E-state index contributed by atoms with van der Waals surface area (Å²) in [6.07, 6.45) is 0.881. The minimum absolute atomic E-state index is 0.0188. The summed E-state index contributed by atoms with van der Waals surface area (Å²) in [4.78, 5) is 11.4. The highest BCUT2D eigenvalue weighted by atomic mass is 16.5. The molecule has 1 heterocycles. The zero-order valence-corrected chi connectivity index (χ0v) is 12.2. The van der Waals surface area contributed by atoms with Crippen LogP contribution < -0.4 is 20.5 Å². The van der Waals surface area contributed by atoms with Crippen molar-refractivity contribution in [2.45, 2.75) is 38.8 Å². The molecule has 2 rings (SSSR count). The lowest BCUT2D eigenvalue weighted by Crippen LogP contribution is -2.51. The monoisotopic (exact) mass is 278 g/mol. The summed E-state index contributed by atoms with van der Waals surface area (Å²) in [5.41, 5.74) is 5.65. The molecule has 1 aliphatic rings. The van der Waals surface area contributed by atoms with Gasteiger partial charge in [-0.2, -0.15) is 0 Å². The third-order valence-electron chi connectivity index (χ3n) is 3.46. The van der Waals surface area contributed by atoms with Crippen LogP contribution >= 0.6 is 0 Å². The molecule has 20 heavy (non-hydrogen) atoms. The summed E-state index contributed by atoms with van der Waals surface area (Å²) >= 11 is 0. The third-order valence-corrected chi connectivity index (χ3v) is 3.46. The number of nitrogens with one attached hydrogen (secondary N) is 1. The van der Waals surface area contributed by atoms with Crippen LogP contribution in [0.2, 0.25) is 0 Å². The van der Waals surface area contributed by atoms with Crippen molar-refractivity contribution in [1.29, 1.82) is 0 Å². The Labute approximate surface area is 119 Å². The first kappa shape index (κ1) is 14.7. The molecular weight excluding hydrogens is 256 g/mol. The maximum Gasteiger partial charge on any atom is 0.237 e. The predicted molar refractivity (Wildman–Crippen MR) is 76.9 cm³/mol. The zero-order chi connectivity index (χ0) is 14.8. The molecule has 1 aliphatic heterocycles. The van der Waals surface area contributed by atoms with Crippen LogP contribution in [0.5, 0.6) is 11.5 Å². The van der Waals surface area contributed by atoms with Crippen molar-refractivity contribution in [3.63, 3.8) is 0 Å². The molecule has 1 aromatic carbocycles. The number of rotatable bonds is 4. The molecule has 0 aliphatic carbocycles. The molecule has 5 heteroatoms. The summed E-state index contributed by atoms with van der Waals surface area (Å²) in [5, 5.41) is 3.22. The van der Waals surface area contributed by atoms with E-state index in [1.54, 1.807) is 13.8 Å². The van der Waals surface area contributed by atoms with Crippen LogP contribution in [0.1, 0.15) is 38.8 Å². The molecule has 5 nitrogen and oxygen atoms in total. The Kier molecular flexibility index (Phi) is 4.18. The van der Waals surface area contributed by atoms with Crippen LogP contribution in [-0.4, -0.2) is 24.7 Å². The quantitative estimate of drug-likeness (QED) is 0.880. The Morgan fingerprint density at radius 2 is 1.95 bits per heavy atom. The van der Waals surface area contributed by atoms with Gasteiger partial charge in [-0.3, -0.25) is 10.1 Å². The molecular formula is C15H22N2O3. The molecule has 0 spiro atoms. The molecule has 1 amide bonds. The van der Waals surface area contributed by atoms with Crippen LogP contribution in [-0.2, 0) is 4.79 Å². The van der Waals surface area contributed by atoms with E-state index in [4.69, 9.17) is 15.2 Å². The number of primary amides is 1. The molecule has 0 fully saturated rings. The number of carbonyl (C=O) groups is 1. The van der Waals surface area contributed by atoms with Gasteiger partial charge in [0.05, 0.1) is 18.8 Å². The fourth-order valence-electron chi connectivity index (χ4n) is 2.14. The van der Waals surface area contributed by atoms with Crippen LogP contribution in [0.15, 0.2) is 18.2 Å². The summed E-state index contributed by atoms with van der Waals surface area (Å²) < 4.78 is 11.3. The number of hydrogen-bond donors (Lipinski definition) is 2. The Hall–Kier alpha value is -1.75. The Bertz CT molecular complexity index is 500. The predicted octanol–water partition coefficient (Wildman–Crippen LogP) is 1.76. The second-order valence-electron chi connectivity index (χ2n) is 5.61. The standard InChI is InChI=1S/C15H22N2O3/c1-10(17-15(2,3)14(16)18)11-5-6-12-13(9-11)20-8-4-7-19-12/h5-6,9-10,17H,4,7-8H2,1-3H3,(H2,16,18). The summed E-state index contributed by atoms with van der Waals surface area (Å²) in [5.74, 6) is 1.15. The van der Waals surface area contributed by atoms with Crippen molar-refractivity contribution in [2.75, 3.05) is 13.2 Å². The number of nitrogens with two attached hydrogens (primary N) is 1. The Morgan fingerprint density at radius 1 is 1.30 bits per heavy atom. The fourth-order valence-corrected chi connectivity index (χ4v) is 2.14. The van der Waals surface area contributed by atoms with Gasteiger partial charge in [-0.15, -0.1) is 0 Å². The molecule has 0 radical (unpaired) electrons. The van der Waals surface area contributed by atoms with Crippen molar-refractivity contribution >= 4 is 5.91 Å². The van der Waals surface area contributed by atoms with Gasteiger partial charge in [0, 0.05) is 12.5 Å². The van der Waals surface area contributed by atoms with Gasteiger partial charge in [0.15, 0.2) is 11.5 Å². The number of ether oxygens (including phenoxy) is 2. The van der Waals surface area contributed by atoms with E-state index in [1.165, 1.54) is 0 Å². The third kappa shape index (κ3) is 3.22. The molecule has 0 aromatic heterocycles. The SMILES string of the molecule is CC(NC(C)(C)C(N)=O)c1ccc2c(c1)OCCCO2. The van der Waals surface area contributed by atoms with E-state index in [-0.39, 0.29) is 11.9 Å². The van der Waals surface area contributed by atoms with Gasteiger partial charge in [0.2, 0.25) is 5.91 Å². The average Bonchev–Trinajstić information content (AvgIpc) is 2.62. The molecule has 0 saturated carbocycles. The second kappa shape index (κ2) is 5.71. The van der Waals surface area contributed by atoms with Gasteiger partial charge in [-0.25, -0.2) is 0 Å². The molecule has 1 atom stereocenters. The van der Waals surface area contributed by atoms with Gasteiger partial charge in [0.25, 0.3) is 0 Å². The Balaban J connectivity index is 2.17. The maximum atomic E-state index is 11.4. The first-order valence-corrected chi connectivity index (χ1v) is 6.87. The van der Waals surface area contributed by atoms with Crippen molar-refractivity contribution < 1.29 is 14.3 Å². The minimum Gasteiger partial charge on any atom is -0.490 e. The second-order valence-corrected chi connectivity index (χ2v) is 5.61. The van der Waals surface area contributed by atoms with E-state index in [0.717, 1.165) is 23.5 Å². The molecule has 0 saturated heterocycles. The van der Waals surface area contributed by atoms with Crippen molar-refractivity contribution in [3.05, 3.63) is 23.8 Å². The van der Waals surface area contributed by atoms with Crippen molar-refractivity contribution in [2.24, 2.45) is 5.73 Å². The van der Waals surface area contributed by atoms with Gasteiger partial charge >= 0.3 is 0 Å². The van der Waals surface area contributed by atoms with E-state index >= 15 is 0 Å². The van der Waals surface area contributed by atoms with Crippen LogP contribution in [0.25, 0.3) is 0 Å². The highest BCUT2D eigenvalue weighted by Gasteiger charge is 2.27.